The van der Waals surface area contributed by atoms with Crippen LogP contribution in [0.2, 0.25) is 0 Å². The van der Waals surface area contributed by atoms with E-state index < -0.39 is 13.0 Å². The summed E-state index contributed by atoms with van der Waals surface area (Å²) in [5.41, 5.74) is 0.317. The van der Waals surface area contributed by atoms with Gasteiger partial charge in [0.15, 0.2) is 6.61 Å². The maximum atomic E-state index is 12.7. The number of rotatable bonds is 5. The summed E-state index contributed by atoms with van der Waals surface area (Å²) in [7, 11) is 0. The molecule has 3 rings (SSSR count). The lowest BCUT2D eigenvalue weighted by Crippen LogP contribution is -2.30. The van der Waals surface area contributed by atoms with Gasteiger partial charge in [0.1, 0.15) is 6.04 Å². The van der Waals surface area contributed by atoms with Crippen LogP contribution in [0.5, 0.6) is 5.88 Å². The van der Waals surface area contributed by atoms with E-state index in [0.717, 1.165) is 12.8 Å². The summed E-state index contributed by atoms with van der Waals surface area (Å²) < 4.78 is 34.7. The van der Waals surface area contributed by atoms with Gasteiger partial charge in [0.2, 0.25) is 17.7 Å². The maximum absolute atomic E-state index is 12.7. The van der Waals surface area contributed by atoms with Gasteiger partial charge in [-0.25, -0.2) is 13.8 Å². The normalized spacial score (nSPS) is 17.5. The van der Waals surface area contributed by atoms with Gasteiger partial charge in [-0.05, 0) is 18.9 Å². The van der Waals surface area contributed by atoms with Crippen LogP contribution in [0.15, 0.2) is 22.7 Å². The van der Waals surface area contributed by atoms with E-state index in [0.29, 0.717) is 23.9 Å². The Hall–Kier alpha value is -2.58. The third-order valence-corrected chi connectivity index (χ3v) is 3.68. The van der Waals surface area contributed by atoms with E-state index in [1.54, 1.807) is 11.8 Å². The van der Waals surface area contributed by atoms with Gasteiger partial charge in [-0.3, -0.25) is 4.79 Å². The number of likely N-dealkylation sites (tertiary alicyclic amines) is 1. The predicted octanol–water partition coefficient (Wildman–Crippen LogP) is 2.39. The molecule has 2 aromatic rings. The van der Waals surface area contributed by atoms with Crippen molar-refractivity contribution >= 4 is 5.91 Å². The van der Waals surface area contributed by atoms with E-state index in [1.165, 1.54) is 18.3 Å². The number of amides is 1. The smallest absolute Gasteiger partial charge is 0.272 e. The molecule has 9 heteroatoms. The average Bonchev–Trinajstić information content (AvgIpc) is 3.21. The van der Waals surface area contributed by atoms with Gasteiger partial charge in [-0.2, -0.15) is 0 Å². The zero-order chi connectivity index (χ0) is 17.1. The highest BCUT2D eigenvalue weighted by Crippen LogP contribution is 2.32. The number of carbonyl (C=O) groups is 1. The van der Waals surface area contributed by atoms with Crippen molar-refractivity contribution in [3.8, 4) is 5.88 Å². The molecule has 0 aromatic carbocycles. The lowest BCUT2D eigenvalue weighted by Gasteiger charge is -2.22. The van der Waals surface area contributed by atoms with E-state index in [9.17, 15) is 13.6 Å². The molecule has 1 saturated heterocycles. The number of hydrogen-bond acceptors (Lipinski definition) is 6. The molecule has 128 valence electrons. The highest BCUT2D eigenvalue weighted by molar-refractivity contribution is 5.94. The Morgan fingerprint density at radius 2 is 2.33 bits per heavy atom. The first-order chi connectivity index (χ1) is 11.5. The highest BCUT2D eigenvalue weighted by Gasteiger charge is 2.34. The Balaban J connectivity index is 1.76. The summed E-state index contributed by atoms with van der Waals surface area (Å²) in [6.45, 7) is 1.48. The Labute approximate surface area is 136 Å². The van der Waals surface area contributed by atoms with Crippen LogP contribution in [-0.4, -0.2) is 45.6 Å². The second-order valence-corrected chi connectivity index (χ2v) is 5.40. The van der Waals surface area contributed by atoms with E-state index in [2.05, 4.69) is 15.2 Å². The van der Waals surface area contributed by atoms with E-state index in [1.807, 2.05) is 0 Å². The Bertz CT molecular complexity index is 722. The van der Waals surface area contributed by atoms with Gasteiger partial charge >= 0.3 is 0 Å². The van der Waals surface area contributed by atoms with E-state index >= 15 is 0 Å². The Morgan fingerprint density at radius 3 is 3.04 bits per heavy atom. The number of nitrogens with zero attached hydrogens (tertiary/aromatic N) is 4. The Kier molecular flexibility index (Phi) is 4.68. The molecule has 0 spiro atoms. The first kappa shape index (κ1) is 16.3. The molecule has 3 heterocycles. The van der Waals surface area contributed by atoms with Crippen molar-refractivity contribution in [3.05, 3.63) is 35.7 Å². The third kappa shape index (κ3) is 3.50. The summed E-state index contributed by atoms with van der Waals surface area (Å²) in [5, 5.41) is 7.79. The van der Waals surface area contributed by atoms with Gasteiger partial charge in [0, 0.05) is 31.3 Å². The van der Waals surface area contributed by atoms with E-state index in [4.69, 9.17) is 9.15 Å². The van der Waals surface area contributed by atoms with Crippen LogP contribution in [0.4, 0.5) is 8.78 Å². The van der Waals surface area contributed by atoms with Crippen LogP contribution < -0.4 is 4.74 Å². The molecule has 0 unspecified atom stereocenters. The molecule has 0 saturated carbocycles. The van der Waals surface area contributed by atoms with Crippen LogP contribution in [-0.2, 0) is 0 Å². The molecule has 1 aliphatic heterocycles. The van der Waals surface area contributed by atoms with Gasteiger partial charge in [0.25, 0.3) is 12.3 Å². The Morgan fingerprint density at radius 1 is 1.50 bits per heavy atom. The minimum atomic E-state index is -2.60. The molecule has 0 N–H and O–H groups in total. The second kappa shape index (κ2) is 6.90. The number of aryl methyl sites for hydroxylation is 1. The molecule has 7 nitrogen and oxygen atoms in total. The number of carbonyl (C=O) groups excluding carboxylic acids is 1. The minimum Gasteiger partial charge on any atom is -0.472 e. The van der Waals surface area contributed by atoms with Crippen LogP contribution in [0.1, 0.15) is 41.0 Å². The predicted molar refractivity (Wildman–Crippen MR) is 77.8 cm³/mol. The summed E-state index contributed by atoms with van der Waals surface area (Å²) in [6, 6.07) is 2.60. The van der Waals surface area contributed by atoms with Crippen LogP contribution in [0.25, 0.3) is 0 Å². The number of ether oxygens (including phenoxy) is 1. The molecule has 0 bridgehead atoms. The van der Waals surface area contributed by atoms with Crippen LogP contribution in [0, 0.1) is 6.92 Å². The van der Waals surface area contributed by atoms with Gasteiger partial charge in [-0.1, -0.05) is 0 Å². The quantitative estimate of drug-likeness (QED) is 0.833. The standard InChI is InChI=1S/C15H16F2N4O3/c1-9-19-20-14(24-9)11-3-2-6-21(11)15(22)10-4-5-18-13(7-10)23-8-12(16)17/h4-5,7,11-12H,2-3,6,8H2,1H3/t11-/m0/s1. The van der Waals surface area contributed by atoms with Crippen molar-refractivity contribution < 1.29 is 22.7 Å². The summed E-state index contributed by atoms with van der Waals surface area (Å²) >= 11 is 0. The third-order valence-electron chi connectivity index (χ3n) is 3.68. The lowest BCUT2D eigenvalue weighted by molar-refractivity contribution is 0.0711. The summed E-state index contributed by atoms with van der Waals surface area (Å²) in [5.74, 6) is 0.584. The zero-order valence-electron chi connectivity index (χ0n) is 13.0. The molecule has 24 heavy (non-hydrogen) atoms. The fraction of sp³-hybridized carbons (Fsp3) is 0.467. The molecule has 1 amide bonds. The van der Waals surface area contributed by atoms with Crippen molar-refractivity contribution in [2.45, 2.75) is 32.2 Å². The minimum absolute atomic E-state index is 0.00877. The van der Waals surface area contributed by atoms with Crippen molar-refractivity contribution in [1.82, 2.24) is 20.1 Å². The van der Waals surface area contributed by atoms with Gasteiger partial charge in [-0.15, -0.1) is 10.2 Å². The highest BCUT2D eigenvalue weighted by atomic mass is 19.3. The van der Waals surface area contributed by atoms with Gasteiger partial charge < -0.3 is 14.1 Å². The number of alkyl halides is 2. The molecule has 1 fully saturated rings. The molecule has 1 atom stereocenters. The fourth-order valence-electron chi connectivity index (χ4n) is 2.65. The number of aromatic nitrogens is 3. The summed E-state index contributed by atoms with van der Waals surface area (Å²) in [4.78, 5) is 18.2. The first-order valence-corrected chi connectivity index (χ1v) is 7.52. The van der Waals surface area contributed by atoms with E-state index in [-0.39, 0.29) is 17.8 Å². The fourth-order valence-corrected chi connectivity index (χ4v) is 2.65. The topological polar surface area (TPSA) is 81.4 Å². The maximum Gasteiger partial charge on any atom is 0.272 e. The number of pyridine rings is 1. The molecule has 0 aliphatic carbocycles. The van der Waals surface area contributed by atoms with Crippen LogP contribution in [0.3, 0.4) is 0 Å². The average molecular weight is 338 g/mol. The van der Waals surface area contributed by atoms with Crippen molar-refractivity contribution in [2.24, 2.45) is 0 Å². The second-order valence-electron chi connectivity index (χ2n) is 5.40. The number of halogens is 2. The van der Waals surface area contributed by atoms with Gasteiger partial charge in [0.05, 0.1) is 0 Å². The summed E-state index contributed by atoms with van der Waals surface area (Å²) in [6.07, 6.45) is 0.302. The van der Waals surface area contributed by atoms with Crippen molar-refractivity contribution in [2.75, 3.05) is 13.2 Å². The monoisotopic (exact) mass is 338 g/mol. The molecule has 0 radical (unpaired) electrons. The first-order valence-electron chi connectivity index (χ1n) is 7.52. The van der Waals surface area contributed by atoms with Crippen LogP contribution >= 0.6 is 0 Å². The SMILES string of the molecule is Cc1nnc([C@@H]2CCCN2C(=O)c2ccnc(OCC(F)F)c2)o1. The molecular formula is C15H16F2N4O3. The van der Waals surface area contributed by atoms with Crippen molar-refractivity contribution in [3.63, 3.8) is 0 Å². The zero-order valence-corrected chi connectivity index (χ0v) is 13.0. The molecule has 2 aromatic heterocycles. The molecular weight excluding hydrogens is 322 g/mol. The number of hydrogen-bond donors (Lipinski definition) is 0. The molecule has 1 aliphatic rings. The van der Waals surface area contributed by atoms with Crippen molar-refractivity contribution in [1.29, 1.82) is 0 Å². The lowest BCUT2D eigenvalue weighted by atomic mass is 10.2. The largest absolute Gasteiger partial charge is 0.472 e.